The molecule has 20 heavy (non-hydrogen) atoms. The van der Waals surface area contributed by atoms with Crippen molar-refractivity contribution in [2.24, 2.45) is 0 Å². The summed E-state index contributed by atoms with van der Waals surface area (Å²) in [4.78, 5) is 22.1. The van der Waals surface area contributed by atoms with Gasteiger partial charge in [0.05, 0.1) is 24.6 Å². The van der Waals surface area contributed by atoms with Crippen LogP contribution in [0.5, 0.6) is 5.88 Å². The number of anilines is 2. The number of carbonyl (C=O) groups excluding carboxylic acids is 1. The van der Waals surface area contributed by atoms with Crippen molar-refractivity contribution in [3.8, 4) is 5.88 Å². The fourth-order valence-electron chi connectivity index (χ4n) is 1.56. The second kappa shape index (κ2) is 6.01. The van der Waals surface area contributed by atoms with Gasteiger partial charge in [0.25, 0.3) is 5.91 Å². The van der Waals surface area contributed by atoms with Crippen molar-refractivity contribution in [2.75, 3.05) is 31.4 Å². The van der Waals surface area contributed by atoms with Crippen LogP contribution in [0.1, 0.15) is 10.4 Å². The number of carbonyl (C=O) groups is 1. The van der Waals surface area contributed by atoms with Gasteiger partial charge in [0, 0.05) is 26.4 Å². The smallest absolute Gasteiger partial charge is 0.257 e. The Morgan fingerprint density at radius 2 is 1.95 bits per heavy atom. The molecule has 0 bridgehead atoms. The van der Waals surface area contributed by atoms with E-state index in [4.69, 9.17) is 4.74 Å². The van der Waals surface area contributed by atoms with Crippen LogP contribution in [0.2, 0.25) is 0 Å². The van der Waals surface area contributed by atoms with Crippen molar-refractivity contribution in [3.63, 3.8) is 0 Å². The molecule has 2 aromatic heterocycles. The summed E-state index contributed by atoms with van der Waals surface area (Å²) in [7, 11) is 5.33. The average molecular weight is 272 g/mol. The standard InChI is InChI=1S/C14H16N4O2/c1-18(2)12-6-4-10(8-15-12)14(19)17-11-5-7-13(20-3)16-9-11/h4-9H,1-3H3,(H,17,19). The number of nitrogens with one attached hydrogen (secondary N) is 1. The molecule has 0 aromatic carbocycles. The lowest BCUT2D eigenvalue weighted by Gasteiger charge is -2.11. The Hall–Kier alpha value is -2.63. The van der Waals surface area contributed by atoms with E-state index in [1.807, 2.05) is 19.0 Å². The third-order valence-corrected chi connectivity index (χ3v) is 2.67. The van der Waals surface area contributed by atoms with Crippen LogP contribution < -0.4 is 15.0 Å². The number of rotatable bonds is 4. The Labute approximate surface area is 117 Å². The molecule has 2 aromatic rings. The van der Waals surface area contributed by atoms with Crippen LogP contribution in [-0.4, -0.2) is 37.1 Å². The normalized spacial score (nSPS) is 9.95. The Morgan fingerprint density at radius 1 is 1.15 bits per heavy atom. The van der Waals surface area contributed by atoms with E-state index in [9.17, 15) is 4.79 Å². The van der Waals surface area contributed by atoms with Crippen molar-refractivity contribution in [1.82, 2.24) is 9.97 Å². The Bertz CT molecular complexity index is 579. The molecule has 0 spiro atoms. The van der Waals surface area contributed by atoms with Crippen molar-refractivity contribution < 1.29 is 9.53 Å². The Kier molecular flexibility index (Phi) is 4.14. The Balaban J connectivity index is 2.07. The number of nitrogens with zero attached hydrogens (tertiary/aromatic N) is 3. The molecule has 2 heterocycles. The molecule has 0 unspecified atom stereocenters. The van der Waals surface area contributed by atoms with Crippen molar-refractivity contribution >= 4 is 17.4 Å². The van der Waals surface area contributed by atoms with Crippen LogP contribution >= 0.6 is 0 Å². The van der Waals surface area contributed by atoms with Crippen LogP contribution in [0, 0.1) is 0 Å². The number of hydrogen-bond acceptors (Lipinski definition) is 5. The average Bonchev–Trinajstić information content (AvgIpc) is 2.48. The molecule has 0 fully saturated rings. The van der Waals surface area contributed by atoms with Crippen molar-refractivity contribution in [3.05, 3.63) is 42.2 Å². The SMILES string of the molecule is COc1ccc(NC(=O)c2ccc(N(C)C)nc2)cn1. The van der Waals surface area contributed by atoms with E-state index in [1.54, 1.807) is 43.8 Å². The fourth-order valence-corrected chi connectivity index (χ4v) is 1.56. The van der Waals surface area contributed by atoms with Gasteiger partial charge in [-0.2, -0.15) is 0 Å². The molecule has 0 aliphatic carbocycles. The highest BCUT2D eigenvalue weighted by atomic mass is 16.5. The molecule has 0 radical (unpaired) electrons. The Morgan fingerprint density at radius 3 is 2.45 bits per heavy atom. The topological polar surface area (TPSA) is 67.3 Å². The summed E-state index contributed by atoms with van der Waals surface area (Å²) in [6, 6.07) is 6.93. The molecule has 0 aliphatic heterocycles. The van der Waals surface area contributed by atoms with E-state index in [2.05, 4.69) is 15.3 Å². The molecule has 1 N–H and O–H groups in total. The number of hydrogen-bond donors (Lipinski definition) is 1. The van der Waals surface area contributed by atoms with Gasteiger partial charge in [0.1, 0.15) is 5.82 Å². The van der Waals surface area contributed by atoms with E-state index >= 15 is 0 Å². The molecule has 6 heteroatoms. The molecular formula is C14H16N4O2. The summed E-state index contributed by atoms with van der Waals surface area (Å²) < 4.78 is 4.96. The number of amides is 1. The monoisotopic (exact) mass is 272 g/mol. The van der Waals surface area contributed by atoms with Gasteiger partial charge in [-0.25, -0.2) is 9.97 Å². The number of methoxy groups -OCH3 is 1. The van der Waals surface area contributed by atoms with E-state index in [1.165, 1.54) is 0 Å². The number of pyridine rings is 2. The molecule has 1 amide bonds. The minimum Gasteiger partial charge on any atom is -0.481 e. The van der Waals surface area contributed by atoms with Gasteiger partial charge in [-0.3, -0.25) is 4.79 Å². The summed E-state index contributed by atoms with van der Waals surface area (Å²) in [5.41, 5.74) is 1.10. The summed E-state index contributed by atoms with van der Waals surface area (Å²) in [5, 5.41) is 2.75. The quantitative estimate of drug-likeness (QED) is 0.919. The van der Waals surface area contributed by atoms with Gasteiger partial charge in [0.2, 0.25) is 5.88 Å². The molecular weight excluding hydrogens is 256 g/mol. The predicted octanol–water partition coefficient (Wildman–Crippen LogP) is 1.80. The molecule has 0 atom stereocenters. The predicted molar refractivity (Wildman–Crippen MR) is 77.3 cm³/mol. The first-order valence-electron chi connectivity index (χ1n) is 6.05. The first-order valence-corrected chi connectivity index (χ1v) is 6.05. The van der Waals surface area contributed by atoms with E-state index in [0.717, 1.165) is 5.82 Å². The molecule has 0 saturated heterocycles. The van der Waals surface area contributed by atoms with Gasteiger partial charge < -0.3 is 15.0 Å². The zero-order valence-electron chi connectivity index (χ0n) is 11.6. The maximum Gasteiger partial charge on any atom is 0.257 e. The van der Waals surface area contributed by atoms with Gasteiger partial charge in [0.15, 0.2) is 0 Å². The second-order valence-electron chi connectivity index (χ2n) is 4.34. The fraction of sp³-hybridized carbons (Fsp3) is 0.214. The number of aromatic nitrogens is 2. The highest BCUT2D eigenvalue weighted by Gasteiger charge is 2.07. The maximum atomic E-state index is 12.0. The van der Waals surface area contributed by atoms with Crippen LogP contribution in [0.3, 0.4) is 0 Å². The third kappa shape index (κ3) is 3.23. The molecule has 0 aliphatic rings. The van der Waals surface area contributed by atoms with Crippen LogP contribution in [0.4, 0.5) is 11.5 Å². The van der Waals surface area contributed by atoms with E-state index < -0.39 is 0 Å². The lowest BCUT2D eigenvalue weighted by molar-refractivity contribution is 0.102. The van der Waals surface area contributed by atoms with Gasteiger partial charge in [-0.1, -0.05) is 0 Å². The zero-order chi connectivity index (χ0) is 14.5. The largest absolute Gasteiger partial charge is 0.481 e. The molecule has 2 rings (SSSR count). The van der Waals surface area contributed by atoms with Gasteiger partial charge >= 0.3 is 0 Å². The van der Waals surface area contributed by atoms with E-state index in [-0.39, 0.29) is 5.91 Å². The summed E-state index contributed by atoms with van der Waals surface area (Å²) >= 11 is 0. The van der Waals surface area contributed by atoms with Crippen LogP contribution in [-0.2, 0) is 0 Å². The molecule has 104 valence electrons. The molecule has 0 saturated carbocycles. The highest BCUT2D eigenvalue weighted by Crippen LogP contribution is 2.13. The lowest BCUT2D eigenvalue weighted by atomic mass is 10.2. The van der Waals surface area contributed by atoms with E-state index in [0.29, 0.717) is 17.1 Å². The van der Waals surface area contributed by atoms with Crippen molar-refractivity contribution in [1.29, 1.82) is 0 Å². The summed E-state index contributed by atoms with van der Waals surface area (Å²) in [5.74, 6) is 1.07. The highest BCUT2D eigenvalue weighted by molar-refractivity contribution is 6.04. The maximum absolute atomic E-state index is 12.0. The van der Waals surface area contributed by atoms with Gasteiger partial charge in [-0.05, 0) is 18.2 Å². The molecule has 6 nitrogen and oxygen atoms in total. The second-order valence-corrected chi connectivity index (χ2v) is 4.34. The summed E-state index contributed by atoms with van der Waals surface area (Å²) in [6.45, 7) is 0. The lowest BCUT2D eigenvalue weighted by Crippen LogP contribution is -2.14. The van der Waals surface area contributed by atoms with Gasteiger partial charge in [-0.15, -0.1) is 0 Å². The summed E-state index contributed by atoms with van der Waals surface area (Å²) in [6.07, 6.45) is 3.08. The minimum atomic E-state index is -0.227. The zero-order valence-corrected chi connectivity index (χ0v) is 11.6. The van der Waals surface area contributed by atoms with Crippen LogP contribution in [0.15, 0.2) is 36.7 Å². The first kappa shape index (κ1) is 13.8. The minimum absolute atomic E-state index is 0.227. The first-order chi connectivity index (χ1) is 9.60. The van der Waals surface area contributed by atoms with Crippen LogP contribution in [0.25, 0.3) is 0 Å². The number of ether oxygens (including phenoxy) is 1. The third-order valence-electron chi connectivity index (χ3n) is 2.67. The van der Waals surface area contributed by atoms with Crippen molar-refractivity contribution in [2.45, 2.75) is 0 Å².